The highest BCUT2D eigenvalue weighted by molar-refractivity contribution is 5.62. The zero-order valence-corrected chi connectivity index (χ0v) is 13.4. The predicted molar refractivity (Wildman–Crippen MR) is 88.5 cm³/mol. The molecular formula is C17H29FN2O. The normalized spacial score (nSPS) is 10.6. The molecule has 1 rings (SSSR count). The van der Waals surface area contributed by atoms with E-state index in [1.54, 1.807) is 6.07 Å². The number of nitrogens with one attached hydrogen (secondary N) is 1. The Bertz CT molecular complexity index is 410. The molecule has 3 nitrogen and oxygen atoms in total. The van der Waals surface area contributed by atoms with Crippen LogP contribution in [0.15, 0.2) is 12.1 Å². The molecule has 0 heterocycles. The summed E-state index contributed by atoms with van der Waals surface area (Å²) in [5.41, 5.74) is 6.44. The number of rotatable bonds is 11. The Morgan fingerprint density at radius 3 is 2.29 bits per heavy atom. The molecule has 0 aliphatic rings. The minimum atomic E-state index is -0.326. The van der Waals surface area contributed by atoms with Gasteiger partial charge in [0.2, 0.25) is 0 Å². The molecule has 1 aromatic rings. The number of benzene rings is 1. The van der Waals surface area contributed by atoms with E-state index in [4.69, 9.17) is 10.5 Å². The first kappa shape index (κ1) is 17.6. The fourth-order valence-electron chi connectivity index (χ4n) is 2.36. The van der Waals surface area contributed by atoms with Crippen molar-refractivity contribution >= 4 is 11.4 Å². The molecule has 120 valence electrons. The maximum atomic E-state index is 13.7. The van der Waals surface area contributed by atoms with Crippen molar-refractivity contribution in [3.05, 3.63) is 17.9 Å². The molecule has 0 amide bonds. The van der Waals surface area contributed by atoms with Crippen LogP contribution in [-0.4, -0.2) is 13.7 Å². The second-order valence-electron chi connectivity index (χ2n) is 5.48. The average molecular weight is 296 g/mol. The summed E-state index contributed by atoms with van der Waals surface area (Å²) in [6.07, 6.45) is 10.1. The van der Waals surface area contributed by atoms with Crippen molar-refractivity contribution in [3.63, 3.8) is 0 Å². The van der Waals surface area contributed by atoms with Crippen molar-refractivity contribution in [2.75, 3.05) is 24.7 Å². The Hall–Kier alpha value is -1.45. The zero-order valence-electron chi connectivity index (χ0n) is 13.4. The summed E-state index contributed by atoms with van der Waals surface area (Å²) in [6.45, 7) is 3.01. The van der Waals surface area contributed by atoms with Gasteiger partial charge in [-0.25, -0.2) is 4.39 Å². The van der Waals surface area contributed by atoms with Gasteiger partial charge in [0.15, 0.2) is 0 Å². The van der Waals surface area contributed by atoms with E-state index in [-0.39, 0.29) is 5.82 Å². The molecule has 0 saturated carbocycles. The first-order valence-corrected chi connectivity index (χ1v) is 8.06. The van der Waals surface area contributed by atoms with Crippen LogP contribution < -0.4 is 15.8 Å². The Kier molecular flexibility index (Phi) is 8.63. The van der Waals surface area contributed by atoms with Crippen molar-refractivity contribution < 1.29 is 9.13 Å². The van der Waals surface area contributed by atoms with Gasteiger partial charge in [-0.2, -0.15) is 0 Å². The molecular weight excluding hydrogens is 267 g/mol. The van der Waals surface area contributed by atoms with E-state index >= 15 is 0 Å². The van der Waals surface area contributed by atoms with Crippen LogP contribution in [0.2, 0.25) is 0 Å². The molecule has 21 heavy (non-hydrogen) atoms. The number of unbranched alkanes of at least 4 members (excludes halogenated alkanes) is 7. The monoisotopic (exact) mass is 296 g/mol. The summed E-state index contributed by atoms with van der Waals surface area (Å²) >= 11 is 0. The van der Waals surface area contributed by atoms with Crippen LogP contribution in [0.5, 0.6) is 5.75 Å². The van der Waals surface area contributed by atoms with Gasteiger partial charge in [-0.1, -0.05) is 51.9 Å². The highest BCUT2D eigenvalue weighted by Gasteiger charge is 2.07. The number of hydrogen-bond donors (Lipinski definition) is 2. The SMILES string of the molecule is CCCCCCCCCCNc1cc(OC)c(N)cc1F. The second kappa shape index (κ2) is 10.3. The van der Waals surface area contributed by atoms with E-state index in [0.29, 0.717) is 17.1 Å². The summed E-state index contributed by atoms with van der Waals surface area (Å²) in [5, 5.41) is 3.12. The second-order valence-corrected chi connectivity index (χ2v) is 5.48. The average Bonchev–Trinajstić information content (AvgIpc) is 2.47. The highest BCUT2D eigenvalue weighted by Crippen LogP contribution is 2.28. The van der Waals surface area contributed by atoms with Crippen molar-refractivity contribution in [2.45, 2.75) is 58.3 Å². The Balaban J connectivity index is 2.18. The molecule has 0 unspecified atom stereocenters. The maximum Gasteiger partial charge on any atom is 0.148 e. The number of halogens is 1. The van der Waals surface area contributed by atoms with Gasteiger partial charge >= 0.3 is 0 Å². The minimum Gasteiger partial charge on any atom is -0.495 e. The van der Waals surface area contributed by atoms with E-state index in [1.807, 2.05) is 0 Å². The largest absolute Gasteiger partial charge is 0.495 e. The molecule has 1 aromatic carbocycles. The molecule has 0 fully saturated rings. The number of ether oxygens (including phenoxy) is 1. The lowest BCUT2D eigenvalue weighted by molar-refractivity contribution is 0.416. The third-order valence-electron chi connectivity index (χ3n) is 3.67. The molecule has 0 saturated heterocycles. The van der Waals surface area contributed by atoms with E-state index in [2.05, 4.69) is 12.2 Å². The fourth-order valence-corrected chi connectivity index (χ4v) is 2.36. The third kappa shape index (κ3) is 6.69. The Labute approximate surface area is 128 Å². The van der Waals surface area contributed by atoms with Gasteiger partial charge in [-0.3, -0.25) is 0 Å². The van der Waals surface area contributed by atoms with Crippen molar-refractivity contribution in [1.29, 1.82) is 0 Å². The van der Waals surface area contributed by atoms with Gasteiger partial charge < -0.3 is 15.8 Å². The van der Waals surface area contributed by atoms with Gasteiger partial charge in [-0.05, 0) is 6.42 Å². The predicted octanol–water partition coefficient (Wildman–Crippen LogP) is 4.97. The zero-order chi connectivity index (χ0) is 15.5. The Morgan fingerprint density at radius 2 is 1.67 bits per heavy atom. The Morgan fingerprint density at radius 1 is 1.05 bits per heavy atom. The summed E-state index contributed by atoms with van der Waals surface area (Å²) in [7, 11) is 1.53. The molecule has 0 aromatic heterocycles. The van der Waals surface area contributed by atoms with E-state index in [1.165, 1.54) is 58.1 Å². The summed E-state index contributed by atoms with van der Waals surface area (Å²) in [6, 6.07) is 2.92. The molecule has 3 N–H and O–H groups in total. The summed E-state index contributed by atoms with van der Waals surface area (Å²) in [5.74, 6) is 0.183. The van der Waals surface area contributed by atoms with E-state index < -0.39 is 0 Å². The number of nitrogens with two attached hydrogens (primary N) is 1. The third-order valence-corrected chi connectivity index (χ3v) is 3.67. The smallest absolute Gasteiger partial charge is 0.148 e. The topological polar surface area (TPSA) is 47.3 Å². The van der Waals surface area contributed by atoms with Gasteiger partial charge in [0.25, 0.3) is 0 Å². The molecule has 0 aliphatic carbocycles. The fraction of sp³-hybridized carbons (Fsp3) is 0.647. The van der Waals surface area contributed by atoms with Gasteiger partial charge in [0, 0.05) is 18.7 Å². The molecule has 4 heteroatoms. The molecule has 0 bridgehead atoms. The number of methoxy groups -OCH3 is 1. The van der Waals surface area contributed by atoms with Crippen LogP contribution in [0.25, 0.3) is 0 Å². The van der Waals surface area contributed by atoms with E-state index in [9.17, 15) is 4.39 Å². The van der Waals surface area contributed by atoms with Crippen LogP contribution in [0.1, 0.15) is 58.3 Å². The quantitative estimate of drug-likeness (QED) is 0.448. The summed E-state index contributed by atoms with van der Waals surface area (Å²) < 4.78 is 18.8. The molecule has 0 aliphatic heterocycles. The number of nitrogen functional groups attached to an aromatic ring is 1. The summed E-state index contributed by atoms with van der Waals surface area (Å²) in [4.78, 5) is 0. The van der Waals surface area contributed by atoms with Crippen molar-refractivity contribution in [2.24, 2.45) is 0 Å². The van der Waals surface area contributed by atoms with Crippen LogP contribution >= 0.6 is 0 Å². The minimum absolute atomic E-state index is 0.326. The standard InChI is InChI=1S/C17H29FN2O/c1-3-4-5-6-7-8-9-10-11-20-16-13-17(21-2)15(19)12-14(16)18/h12-13,20H,3-11,19H2,1-2H3. The lowest BCUT2D eigenvalue weighted by Crippen LogP contribution is -2.05. The maximum absolute atomic E-state index is 13.7. The van der Waals surface area contributed by atoms with Gasteiger partial charge in [0.05, 0.1) is 18.5 Å². The number of hydrogen-bond acceptors (Lipinski definition) is 3. The van der Waals surface area contributed by atoms with Gasteiger partial charge in [-0.15, -0.1) is 0 Å². The van der Waals surface area contributed by atoms with Crippen LogP contribution in [-0.2, 0) is 0 Å². The van der Waals surface area contributed by atoms with Crippen LogP contribution in [0.3, 0.4) is 0 Å². The molecule has 0 spiro atoms. The van der Waals surface area contributed by atoms with E-state index in [0.717, 1.165) is 13.0 Å². The lowest BCUT2D eigenvalue weighted by Gasteiger charge is -2.11. The number of anilines is 2. The first-order chi connectivity index (χ1) is 10.2. The molecule has 0 atom stereocenters. The van der Waals surface area contributed by atoms with Crippen LogP contribution in [0.4, 0.5) is 15.8 Å². The molecule has 0 radical (unpaired) electrons. The van der Waals surface area contributed by atoms with Crippen molar-refractivity contribution in [3.8, 4) is 5.75 Å². The highest BCUT2D eigenvalue weighted by atomic mass is 19.1. The van der Waals surface area contributed by atoms with Crippen LogP contribution in [0, 0.1) is 5.82 Å². The van der Waals surface area contributed by atoms with Crippen molar-refractivity contribution in [1.82, 2.24) is 0 Å². The first-order valence-electron chi connectivity index (χ1n) is 8.06. The lowest BCUT2D eigenvalue weighted by atomic mass is 10.1. The van der Waals surface area contributed by atoms with Gasteiger partial charge in [0.1, 0.15) is 11.6 Å².